The molecule has 0 saturated heterocycles. The molecular formula is C34H29BrClN3O5. The normalized spacial score (nSPS) is 11.1. The Hall–Kier alpha value is -4.60. The van der Waals surface area contributed by atoms with Gasteiger partial charge in [0.1, 0.15) is 11.4 Å². The van der Waals surface area contributed by atoms with Crippen LogP contribution in [0.4, 0.5) is 0 Å². The molecule has 1 aromatic heterocycles. The van der Waals surface area contributed by atoms with Crippen molar-refractivity contribution in [3.05, 3.63) is 111 Å². The zero-order valence-corrected chi connectivity index (χ0v) is 26.6. The topological polar surface area (TPSA) is 102 Å². The highest BCUT2D eigenvalue weighted by atomic mass is 79.9. The number of hydrogen-bond donors (Lipinski definition) is 2. The number of H-pyrrole nitrogens is 1. The Morgan fingerprint density at radius 1 is 0.932 bits per heavy atom. The number of para-hydroxylation sites is 1. The number of rotatable bonds is 10. The van der Waals surface area contributed by atoms with Gasteiger partial charge in [0, 0.05) is 37.1 Å². The van der Waals surface area contributed by atoms with Crippen LogP contribution in [0.1, 0.15) is 45.8 Å². The summed E-state index contributed by atoms with van der Waals surface area (Å²) >= 11 is 9.99. The van der Waals surface area contributed by atoms with Crippen LogP contribution in [0, 0.1) is 6.92 Å². The minimum Gasteiger partial charge on any atom is -0.490 e. The summed E-state index contributed by atoms with van der Waals surface area (Å²) in [6.07, 6.45) is 1.41. The molecule has 10 heteroatoms. The molecule has 44 heavy (non-hydrogen) atoms. The maximum atomic E-state index is 13.5. The molecule has 0 bridgehead atoms. The van der Waals surface area contributed by atoms with Crippen molar-refractivity contribution in [1.82, 2.24) is 10.4 Å². The Bertz CT molecular complexity index is 1880. The van der Waals surface area contributed by atoms with E-state index in [0.29, 0.717) is 46.6 Å². The van der Waals surface area contributed by atoms with Crippen LogP contribution in [0.15, 0.2) is 88.4 Å². The number of benzene rings is 4. The average Bonchev–Trinajstić information content (AvgIpc) is 3.40. The van der Waals surface area contributed by atoms with Crippen molar-refractivity contribution in [2.75, 3.05) is 13.2 Å². The van der Waals surface area contributed by atoms with E-state index in [4.69, 9.17) is 25.8 Å². The lowest BCUT2D eigenvalue weighted by Crippen LogP contribution is -2.19. The Labute approximate surface area is 268 Å². The fraction of sp³-hybridized carbons (Fsp3) is 0.147. The van der Waals surface area contributed by atoms with Gasteiger partial charge in [-0.1, -0.05) is 63.9 Å². The van der Waals surface area contributed by atoms with Gasteiger partial charge in [0.05, 0.1) is 25.0 Å². The molecule has 4 aromatic carbocycles. The van der Waals surface area contributed by atoms with Crippen LogP contribution >= 0.6 is 27.5 Å². The first-order valence-electron chi connectivity index (χ1n) is 13.9. The molecule has 1 amide bonds. The minimum atomic E-state index is -0.590. The molecule has 1 heterocycles. The molecule has 8 nitrogen and oxygen atoms in total. The number of carbonyl (C=O) groups excluding carboxylic acids is 2. The highest BCUT2D eigenvalue weighted by Crippen LogP contribution is 2.37. The fourth-order valence-electron chi connectivity index (χ4n) is 4.74. The summed E-state index contributed by atoms with van der Waals surface area (Å²) in [6.45, 7) is 6.56. The molecule has 0 unspecified atom stereocenters. The molecule has 5 aromatic rings. The molecule has 0 aliphatic carbocycles. The predicted molar refractivity (Wildman–Crippen MR) is 176 cm³/mol. The van der Waals surface area contributed by atoms with Gasteiger partial charge in [-0.05, 0) is 68.8 Å². The van der Waals surface area contributed by atoms with E-state index in [2.05, 4.69) is 31.4 Å². The molecule has 0 spiro atoms. The second-order valence-electron chi connectivity index (χ2n) is 9.65. The smallest absolute Gasteiger partial charge is 0.343 e. The number of halogens is 2. The summed E-state index contributed by atoms with van der Waals surface area (Å²) < 4.78 is 17.7. The summed E-state index contributed by atoms with van der Waals surface area (Å²) in [4.78, 5) is 29.8. The highest BCUT2D eigenvalue weighted by Gasteiger charge is 2.21. The van der Waals surface area contributed by atoms with Gasteiger partial charge in [-0.15, -0.1) is 0 Å². The van der Waals surface area contributed by atoms with E-state index in [9.17, 15) is 9.59 Å². The maximum absolute atomic E-state index is 13.5. The number of aryl methyl sites for hydroxylation is 1. The van der Waals surface area contributed by atoms with Crippen molar-refractivity contribution in [3.8, 4) is 28.4 Å². The zero-order chi connectivity index (χ0) is 31.2. The standard InChI is InChI=1S/C34H29BrClN3O5/c1-4-42-28-15-13-21(18-29(28)43-5-2)34(41)44-27-16-14-23(35)17-22(27)19-37-39-33(40)32-30(24-10-6-7-12-26(24)36)25-11-8-9-20(3)31(25)38-32/h6-19,38H,4-5H2,1-3H3,(H,39,40). The van der Waals surface area contributed by atoms with Crippen molar-refractivity contribution in [2.45, 2.75) is 20.8 Å². The number of nitrogens with zero attached hydrogens (tertiary/aromatic N) is 1. The van der Waals surface area contributed by atoms with E-state index in [-0.39, 0.29) is 11.3 Å². The first-order valence-corrected chi connectivity index (χ1v) is 15.1. The second kappa shape index (κ2) is 13.8. The molecule has 2 N–H and O–H groups in total. The van der Waals surface area contributed by atoms with E-state index >= 15 is 0 Å². The zero-order valence-electron chi connectivity index (χ0n) is 24.2. The summed E-state index contributed by atoms with van der Waals surface area (Å²) in [7, 11) is 0. The molecule has 0 saturated carbocycles. The summed E-state index contributed by atoms with van der Waals surface area (Å²) in [6, 6.07) is 23.2. The van der Waals surface area contributed by atoms with Crippen molar-refractivity contribution in [3.63, 3.8) is 0 Å². The largest absolute Gasteiger partial charge is 0.490 e. The van der Waals surface area contributed by atoms with Gasteiger partial charge < -0.3 is 19.2 Å². The van der Waals surface area contributed by atoms with Gasteiger partial charge in [-0.2, -0.15) is 5.10 Å². The Balaban J connectivity index is 1.40. The van der Waals surface area contributed by atoms with Crippen molar-refractivity contribution >= 4 is 56.5 Å². The number of fused-ring (bicyclic) bond motifs is 1. The number of carbonyl (C=O) groups is 2. The fourth-order valence-corrected chi connectivity index (χ4v) is 5.35. The highest BCUT2D eigenvalue weighted by molar-refractivity contribution is 9.10. The van der Waals surface area contributed by atoms with Crippen molar-refractivity contribution in [1.29, 1.82) is 0 Å². The number of hydrogen-bond acceptors (Lipinski definition) is 6. The van der Waals surface area contributed by atoms with Crippen LogP contribution < -0.4 is 19.6 Å². The Kier molecular flexibility index (Phi) is 9.67. The molecule has 5 rings (SSSR count). The van der Waals surface area contributed by atoms with E-state index < -0.39 is 11.9 Å². The predicted octanol–water partition coefficient (Wildman–Crippen LogP) is 8.34. The number of hydrazone groups is 1. The summed E-state index contributed by atoms with van der Waals surface area (Å²) in [5.74, 6) is 0.195. The molecule has 224 valence electrons. The van der Waals surface area contributed by atoms with Crippen molar-refractivity contribution < 1.29 is 23.8 Å². The summed E-state index contributed by atoms with van der Waals surface area (Å²) in [5, 5.41) is 5.59. The molecule has 0 atom stereocenters. The average molecular weight is 675 g/mol. The minimum absolute atomic E-state index is 0.251. The first-order chi connectivity index (χ1) is 21.3. The van der Waals surface area contributed by atoms with Gasteiger partial charge in [0.2, 0.25) is 0 Å². The third-order valence-electron chi connectivity index (χ3n) is 6.74. The van der Waals surface area contributed by atoms with Gasteiger partial charge in [-0.3, -0.25) is 4.79 Å². The van der Waals surface area contributed by atoms with Crippen LogP contribution in [0.2, 0.25) is 5.02 Å². The van der Waals surface area contributed by atoms with Crippen LogP contribution in [-0.4, -0.2) is 36.3 Å². The van der Waals surface area contributed by atoms with Crippen LogP contribution in [0.25, 0.3) is 22.0 Å². The molecule has 0 aliphatic heterocycles. The van der Waals surface area contributed by atoms with Gasteiger partial charge >= 0.3 is 5.97 Å². The third kappa shape index (κ3) is 6.64. The number of aromatic nitrogens is 1. The lowest BCUT2D eigenvalue weighted by molar-refractivity contribution is 0.0733. The number of ether oxygens (including phenoxy) is 3. The second-order valence-corrected chi connectivity index (χ2v) is 11.0. The number of aromatic amines is 1. The monoisotopic (exact) mass is 673 g/mol. The van der Waals surface area contributed by atoms with E-state index in [1.807, 2.05) is 57.2 Å². The first kappa shape index (κ1) is 30.8. The van der Waals surface area contributed by atoms with E-state index in [1.54, 1.807) is 42.5 Å². The Morgan fingerprint density at radius 2 is 1.68 bits per heavy atom. The number of amides is 1. The summed E-state index contributed by atoms with van der Waals surface area (Å²) in [5.41, 5.74) is 6.89. The van der Waals surface area contributed by atoms with Crippen LogP contribution in [-0.2, 0) is 0 Å². The van der Waals surface area contributed by atoms with Gasteiger partial charge in [0.25, 0.3) is 5.91 Å². The molecule has 0 radical (unpaired) electrons. The molecular weight excluding hydrogens is 646 g/mol. The SMILES string of the molecule is CCOc1ccc(C(=O)Oc2ccc(Br)cc2C=NNC(=O)c2[nH]c3c(C)cccc3c2-c2ccccc2Cl)cc1OCC. The molecule has 0 aliphatic rings. The van der Waals surface area contributed by atoms with Gasteiger partial charge in [-0.25, -0.2) is 10.2 Å². The van der Waals surface area contributed by atoms with Crippen LogP contribution in [0.5, 0.6) is 17.2 Å². The Morgan fingerprint density at radius 3 is 2.45 bits per heavy atom. The maximum Gasteiger partial charge on any atom is 0.343 e. The lowest BCUT2D eigenvalue weighted by atomic mass is 10.0. The van der Waals surface area contributed by atoms with E-state index in [1.165, 1.54) is 6.21 Å². The lowest BCUT2D eigenvalue weighted by Gasteiger charge is -2.13. The van der Waals surface area contributed by atoms with Crippen molar-refractivity contribution in [2.24, 2.45) is 5.10 Å². The molecule has 0 fully saturated rings. The quantitative estimate of drug-likeness (QED) is 0.0671. The number of esters is 1. The number of nitrogens with one attached hydrogen (secondary N) is 2. The van der Waals surface area contributed by atoms with Gasteiger partial charge in [0.15, 0.2) is 11.5 Å². The van der Waals surface area contributed by atoms with Crippen LogP contribution in [0.3, 0.4) is 0 Å². The van der Waals surface area contributed by atoms with E-state index in [0.717, 1.165) is 26.5 Å². The third-order valence-corrected chi connectivity index (χ3v) is 7.56.